The molecule has 8 heteroatoms. The van der Waals surface area contributed by atoms with E-state index in [2.05, 4.69) is 10.3 Å². The number of aliphatic hydroxyl groups excluding tert-OH is 2. The fourth-order valence-electron chi connectivity index (χ4n) is 2.02. The second-order valence-corrected chi connectivity index (χ2v) is 4.15. The van der Waals surface area contributed by atoms with Gasteiger partial charge in [-0.15, -0.1) is 0 Å². The van der Waals surface area contributed by atoms with Gasteiger partial charge in [0, 0.05) is 13.2 Å². The maximum atomic E-state index is 11.8. The zero-order valence-corrected chi connectivity index (χ0v) is 10.2. The maximum absolute atomic E-state index is 11.8. The summed E-state index contributed by atoms with van der Waals surface area (Å²) in [6.07, 6.45) is -1.55. The molecule has 2 heterocycles. The molecule has 102 valence electrons. The van der Waals surface area contributed by atoms with Crippen LogP contribution in [0.2, 0.25) is 0 Å². The van der Waals surface area contributed by atoms with Gasteiger partial charge in [0.1, 0.15) is 23.9 Å². The molecular weight excluding hydrogens is 252 g/mol. The number of hydrogen-bond acceptors (Lipinski definition) is 7. The number of aliphatic hydroxyl groups is 2. The molecule has 0 saturated carbocycles. The van der Waals surface area contributed by atoms with Gasteiger partial charge >= 0.3 is 5.69 Å². The van der Waals surface area contributed by atoms with E-state index in [1.54, 1.807) is 13.1 Å². The van der Waals surface area contributed by atoms with Crippen LogP contribution in [-0.2, 0) is 4.74 Å². The summed E-state index contributed by atoms with van der Waals surface area (Å²) < 4.78 is 6.48. The molecule has 1 unspecified atom stereocenters. The first-order valence-electron chi connectivity index (χ1n) is 5.73. The molecule has 1 aromatic rings. The van der Waals surface area contributed by atoms with E-state index in [1.165, 1.54) is 6.20 Å². The van der Waals surface area contributed by atoms with E-state index >= 15 is 0 Å². The molecule has 19 heavy (non-hydrogen) atoms. The third kappa shape index (κ3) is 2.31. The molecule has 0 aliphatic carbocycles. The van der Waals surface area contributed by atoms with E-state index in [0.29, 0.717) is 5.82 Å². The third-order valence-corrected chi connectivity index (χ3v) is 3.06. The van der Waals surface area contributed by atoms with Gasteiger partial charge in [0.2, 0.25) is 0 Å². The SMILES string of the molecule is CNc1ccn(C2O[C@H](CO)[C@@H](O)[C@@H]2C#N)c(=O)n1. The summed E-state index contributed by atoms with van der Waals surface area (Å²) in [7, 11) is 1.63. The average Bonchev–Trinajstić information content (AvgIpc) is 2.74. The van der Waals surface area contributed by atoms with E-state index in [0.717, 1.165) is 4.57 Å². The molecule has 0 aromatic carbocycles. The van der Waals surface area contributed by atoms with Crippen LogP contribution in [0.4, 0.5) is 5.82 Å². The zero-order valence-electron chi connectivity index (χ0n) is 10.2. The maximum Gasteiger partial charge on any atom is 0.351 e. The smallest absolute Gasteiger partial charge is 0.351 e. The van der Waals surface area contributed by atoms with Crippen LogP contribution in [0, 0.1) is 17.2 Å². The predicted molar refractivity (Wildman–Crippen MR) is 64.1 cm³/mol. The van der Waals surface area contributed by atoms with Crippen molar-refractivity contribution in [1.29, 1.82) is 5.26 Å². The number of ether oxygens (including phenoxy) is 1. The highest BCUT2D eigenvalue weighted by molar-refractivity contribution is 5.30. The number of hydrogen-bond donors (Lipinski definition) is 3. The van der Waals surface area contributed by atoms with Crippen LogP contribution in [0.1, 0.15) is 6.23 Å². The third-order valence-electron chi connectivity index (χ3n) is 3.06. The average molecular weight is 266 g/mol. The van der Waals surface area contributed by atoms with Crippen molar-refractivity contribution in [2.24, 2.45) is 5.92 Å². The van der Waals surface area contributed by atoms with Crippen molar-refractivity contribution in [3.63, 3.8) is 0 Å². The monoisotopic (exact) mass is 266 g/mol. The number of nitrogens with one attached hydrogen (secondary N) is 1. The second-order valence-electron chi connectivity index (χ2n) is 4.15. The Morgan fingerprint density at radius 3 is 2.95 bits per heavy atom. The molecule has 1 aliphatic rings. The Balaban J connectivity index is 2.36. The Morgan fingerprint density at radius 1 is 1.68 bits per heavy atom. The van der Waals surface area contributed by atoms with Crippen molar-refractivity contribution in [3.8, 4) is 6.07 Å². The predicted octanol–water partition coefficient (Wildman–Crippen LogP) is -1.32. The topological polar surface area (TPSA) is 120 Å². The van der Waals surface area contributed by atoms with Gasteiger partial charge in [-0.1, -0.05) is 0 Å². The van der Waals surface area contributed by atoms with Crippen molar-refractivity contribution in [2.75, 3.05) is 19.0 Å². The molecule has 4 atom stereocenters. The highest BCUT2D eigenvalue weighted by atomic mass is 16.5. The Labute approximate surface area is 108 Å². The van der Waals surface area contributed by atoms with Crippen molar-refractivity contribution < 1.29 is 14.9 Å². The van der Waals surface area contributed by atoms with Crippen molar-refractivity contribution in [3.05, 3.63) is 22.7 Å². The molecule has 0 spiro atoms. The molecule has 1 fully saturated rings. The fraction of sp³-hybridized carbons (Fsp3) is 0.545. The van der Waals surface area contributed by atoms with Crippen LogP contribution in [0.25, 0.3) is 0 Å². The molecule has 1 aliphatic heterocycles. The van der Waals surface area contributed by atoms with Crippen LogP contribution in [0.15, 0.2) is 17.1 Å². The van der Waals surface area contributed by atoms with Gasteiger partial charge in [-0.05, 0) is 6.07 Å². The minimum atomic E-state index is -1.14. The van der Waals surface area contributed by atoms with E-state index in [9.17, 15) is 9.90 Å². The number of nitrogens with zero attached hydrogens (tertiary/aromatic N) is 3. The van der Waals surface area contributed by atoms with Crippen LogP contribution in [-0.4, -0.2) is 45.6 Å². The highest BCUT2D eigenvalue weighted by Crippen LogP contribution is 2.33. The molecule has 8 nitrogen and oxygen atoms in total. The normalized spacial score (nSPS) is 30.0. The van der Waals surface area contributed by atoms with Gasteiger partial charge in [0.25, 0.3) is 0 Å². The quantitative estimate of drug-likeness (QED) is 0.620. The summed E-state index contributed by atoms with van der Waals surface area (Å²) in [4.78, 5) is 15.6. The van der Waals surface area contributed by atoms with Crippen LogP contribution in [0.3, 0.4) is 0 Å². The Morgan fingerprint density at radius 2 is 2.42 bits per heavy atom. The Kier molecular flexibility index (Phi) is 3.80. The van der Waals surface area contributed by atoms with E-state index in [4.69, 9.17) is 15.1 Å². The molecule has 3 N–H and O–H groups in total. The Hall–Kier alpha value is -1.95. The highest BCUT2D eigenvalue weighted by Gasteiger charge is 2.45. The second kappa shape index (κ2) is 5.36. The lowest BCUT2D eigenvalue weighted by Gasteiger charge is -2.16. The first-order valence-corrected chi connectivity index (χ1v) is 5.73. The molecule has 2 rings (SSSR count). The summed E-state index contributed by atoms with van der Waals surface area (Å²) in [5.74, 6) is -0.538. The van der Waals surface area contributed by atoms with Crippen molar-refractivity contribution in [1.82, 2.24) is 9.55 Å². The molecule has 0 bridgehead atoms. The first-order chi connectivity index (χ1) is 9.12. The Bertz CT molecular complexity index is 552. The minimum Gasteiger partial charge on any atom is -0.394 e. The number of aromatic nitrogens is 2. The summed E-state index contributed by atoms with van der Waals surface area (Å²) in [5, 5.41) is 30.6. The summed E-state index contributed by atoms with van der Waals surface area (Å²) in [6.45, 7) is -0.424. The molecule has 0 radical (unpaired) electrons. The van der Waals surface area contributed by atoms with Crippen molar-refractivity contribution in [2.45, 2.75) is 18.4 Å². The minimum absolute atomic E-state index is 0.395. The van der Waals surface area contributed by atoms with Gasteiger partial charge in [-0.3, -0.25) is 4.57 Å². The van der Waals surface area contributed by atoms with Crippen LogP contribution >= 0.6 is 0 Å². The van der Waals surface area contributed by atoms with Gasteiger partial charge in [0.05, 0.1) is 12.7 Å². The lowest BCUT2D eigenvalue weighted by Crippen LogP contribution is -2.31. The summed E-state index contributed by atoms with van der Waals surface area (Å²) >= 11 is 0. The molecule has 1 saturated heterocycles. The summed E-state index contributed by atoms with van der Waals surface area (Å²) in [6, 6.07) is 3.45. The largest absolute Gasteiger partial charge is 0.394 e. The van der Waals surface area contributed by atoms with E-state index in [-0.39, 0.29) is 0 Å². The lowest BCUT2D eigenvalue weighted by molar-refractivity contribution is -0.0469. The standard InChI is InChI=1S/C11H14N4O4/c1-13-8-2-3-15(11(18)14-8)10-6(4-12)9(17)7(5-16)19-10/h2-3,6-7,9-10,16-17H,5H2,1H3,(H,13,14,18)/t6-,7+,9-,10?/m0/s1. The van der Waals surface area contributed by atoms with Gasteiger partial charge in [-0.2, -0.15) is 10.2 Å². The first kappa shape index (κ1) is 13.5. The number of anilines is 1. The zero-order chi connectivity index (χ0) is 14.0. The van der Waals surface area contributed by atoms with E-state index < -0.39 is 36.7 Å². The van der Waals surface area contributed by atoms with Crippen LogP contribution < -0.4 is 11.0 Å². The number of rotatable bonds is 3. The van der Waals surface area contributed by atoms with Gasteiger partial charge in [0.15, 0.2) is 6.23 Å². The van der Waals surface area contributed by atoms with Crippen molar-refractivity contribution >= 4 is 5.82 Å². The number of nitriles is 1. The fourth-order valence-corrected chi connectivity index (χ4v) is 2.02. The molecule has 0 amide bonds. The molecular formula is C11H14N4O4. The molecule has 1 aromatic heterocycles. The van der Waals surface area contributed by atoms with Gasteiger partial charge < -0.3 is 20.3 Å². The van der Waals surface area contributed by atoms with E-state index in [1.807, 2.05) is 6.07 Å². The lowest BCUT2D eigenvalue weighted by atomic mass is 10.0. The van der Waals surface area contributed by atoms with Crippen LogP contribution in [0.5, 0.6) is 0 Å². The summed E-state index contributed by atoms with van der Waals surface area (Å²) in [5.41, 5.74) is -0.595. The van der Waals surface area contributed by atoms with Gasteiger partial charge in [-0.25, -0.2) is 4.79 Å².